The molecule has 0 unspecified atom stereocenters. The van der Waals surface area contributed by atoms with Gasteiger partial charge < -0.3 is 9.57 Å². The third kappa shape index (κ3) is 4.57. The van der Waals surface area contributed by atoms with Crippen LogP contribution in [0.1, 0.15) is 25.7 Å². The van der Waals surface area contributed by atoms with Gasteiger partial charge in [-0.15, -0.1) is 0 Å². The molecule has 0 aromatic heterocycles. The van der Waals surface area contributed by atoms with E-state index in [1.807, 2.05) is 30.3 Å². The second-order valence-corrected chi connectivity index (χ2v) is 4.09. The van der Waals surface area contributed by atoms with E-state index in [9.17, 15) is 0 Å². The molecule has 17 heavy (non-hydrogen) atoms. The smallest absolute Gasteiger partial charge is 0.157 e. The van der Waals surface area contributed by atoms with Gasteiger partial charge >= 0.3 is 0 Å². The first-order valence-electron chi connectivity index (χ1n) is 6.12. The Morgan fingerprint density at radius 3 is 2.71 bits per heavy atom. The molecule has 1 aliphatic carbocycles. The topological polar surface area (TPSA) is 30.8 Å². The first-order chi connectivity index (χ1) is 8.45. The molecule has 0 saturated heterocycles. The lowest BCUT2D eigenvalue weighted by molar-refractivity contribution is 0.0613. The first kappa shape index (κ1) is 12.1. The molecule has 3 heteroatoms. The van der Waals surface area contributed by atoms with Gasteiger partial charge in [-0.3, -0.25) is 0 Å². The molecule has 1 aromatic rings. The number of hydrogen-bond donors (Lipinski definition) is 0. The molecule has 1 aliphatic rings. The highest BCUT2D eigenvalue weighted by Gasteiger charge is 2.12. The zero-order valence-corrected chi connectivity index (χ0v) is 9.92. The zero-order valence-electron chi connectivity index (χ0n) is 9.92. The number of benzene rings is 1. The monoisotopic (exact) mass is 232 g/mol. The lowest BCUT2D eigenvalue weighted by Crippen LogP contribution is -2.17. The Labute approximate surface area is 102 Å². The molecule has 1 saturated carbocycles. The van der Waals surface area contributed by atoms with Crippen molar-refractivity contribution in [2.75, 3.05) is 6.61 Å². The summed E-state index contributed by atoms with van der Waals surface area (Å²) in [6, 6.07) is 9.52. The average molecular weight is 232 g/mol. The number of ether oxygens (including phenoxy) is 1. The second-order valence-electron chi connectivity index (χ2n) is 4.09. The van der Waals surface area contributed by atoms with Crippen LogP contribution in [0.15, 0.2) is 35.5 Å². The molecule has 3 nitrogen and oxygen atoms in total. The van der Waals surface area contributed by atoms with E-state index >= 15 is 0 Å². The van der Waals surface area contributed by atoms with Gasteiger partial charge in [0, 0.05) is 0 Å². The summed E-state index contributed by atoms with van der Waals surface area (Å²) in [6.07, 6.45) is 8.99. The molecule has 0 bridgehead atoms. The largest absolute Gasteiger partial charge is 0.372 e. The second kappa shape index (κ2) is 7.07. The van der Waals surface area contributed by atoms with Gasteiger partial charge in [0.15, 0.2) is 5.75 Å². The third-order valence-electron chi connectivity index (χ3n) is 2.77. The molecule has 0 amide bonds. The normalized spacial score (nSPS) is 17.4. The van der Waals surface area contributed by atoms with Crippen LogP contribution < -0.4 is 4.84 Å². The van der Waals surface area contributed by atoms with Crippen LogP contribution in [0.3, 0.4) is 0 Å². The van der Waals surface area contributed by atoms with Crippen molar-refractivity contribution in [1.29, 1.82) is 0 Å². The van der Waals surface area contributed by atoms with Crippen molar-refractivity contribution in [3.05, 3.63) is 36.8 Å². The van der Waals surface area contributed by atoms with Crippen molar-refractivity contribution >= 4 is 6.21 Å². The molecule has 0 atom stereocenters. The van der Waals surface area contributed by atoms with Crippen molar-refractivity contribution < 1.29 is 9.57 Å². The molecular weight excluding hydrogens is 214 g/mol. The maximum Gasteiger partial charge on any atom is 0.157 e. The summed E-state index contributed by atoms with van der Waals surface area (Å²) in [7, 11) is 0. The van der Waals surface area contributed by atoms with Crippen LogP contribution in [0.5, 0.6) is 5.75 Å². The summed E-state index contributed by atoms with van der Waals surface area (Å²) in [5.74, 6) is 0.746. The quantitative estimate of drug-likeness (QED) is 0.576. The molecule has 0 heterocycles. The molecule has 91 valence electrons. The maximum atomic E-state index is 5.67. The van der Waals surface area contributed by atoms with Gasteiger partial charge in [0.25, 0.3) is 0 Å². The van der Waals surface area contributed by atoms with Crippen molar-refractivity contribution in [2.45, 2.75) is 31.8 Å². The minimum atomic E-state index is 0.392. The van der Waals surface area contributed by atoms with E-state index in [1.165, 1.54) is 12.8 Å². The minimum Gasteiger partial charge on any atom is -0.372 e. The van der Waals surface area contributed by atoms with Crippen molar-refractivity contribution in [1.82, 2.24) is 0 Å². The van der Waals surface area contributed by atoms with Crippen LogP contribution in [0.2, 0.25) is 0 Å². The number of para-hydroxylation sites is 1. The third-order valence-corrected chi connectivity index (χ3v) is 2.77. The highest BCUT2D eigenvalue weighted by molar-refractivity contribution is 5.57. The number of nitrogens with zero attached hydrogens (tertiary/aromatic N) is 1. The Morgan fingerprint density at radius 1 is 1.18 bits per heavy atom. The summed E-state index contributed by atoms with van der Waals surface area (Å²) in [5.41, 5.74) is 0. The number of oxime groups is 1. The standard InChI is InChI=1S/C14H18NO2/c1-3-7-13(8-4-1)16-12-11-15-17-14-9-5-2-6-10-14/h1-2,5-6,9-11,13H,3-4,7-8,12H2/b15-11-. The van der Waals surface area contributed by atoms with Crippen LogP contribution >= 0.6 is 0 Å². The molecule has 0 N–H and O–H groups in total. The molecule has 1 fully saturated rings. The fourth-order valence-electron chi connectivity index (χ4n) is 1.85. The highest BCUT2D eigenvalue weighted by atomic mass is 16.6. The van der Waals surface area contributed by atoms with Gasteiger partial charge in [-0.2, -0.15) is 0 Å². The lowest BCUT2D eigenvalue weighted by atomic mass is 9.98. The molecular formula is C14H18NO2. The summed E-state index contributed by atoms with van der Waals surface area (Å²) >= 11 is 0. The van der Waals surface area contributed by atoms with Crippen molar-refractivity contribution in [3.8, 4) is 5.75 Å². The van der Waals surface area contributed by atoms with E-state index in [4.69, 9.17) is 9.57 Å². The minimum absolute atomic E-state index is 0.392. The van der Waals surface area contributed by atoms with Crippen molar-refractivity contribution in [2.24, 2.45) is 5.16 Å². The molecule has 1 radical (unpaired) electrons. The van der Waals surface area contributed by atoms with E-state index in [-0.39, 0.29) is 0 Å². The maximum absolute atomic E-state index is 5.67. The van der Waals surface area contributed by atoms with Crippen LogP contribution in [0.25, 0.3) is 0 Å². The Kier molecular flexibility index (Phi) is 5.04. The van der Waals surface area contributed by atoms with E-state index in [1.54, 1.807) is 6.21 Å². The summed E-state index contributed by atoms with van der Waals surface area (Å²) in [6.45, 7) is 0.525. The van der Waals surface area contributed by atoms with Crippen molar-refractivity contribution in [3.63, 3.8) is 0 Å². The van der Waals surface area contributed by atoms with E-state index < -0.39 is 0 Å². The molecule has 1 aromatic carbocycles. The van der Waals surface area contributed by atoms with Crippen LogP contribution in [0.4, 0.5) is 0 Å². The molecule has 0 spiro atoms. The predicted octanol–water partition coefficient (Wildman–Crippen LogP) is 3.21. The SMILES string of the molecule is [CH]1CCC(OC/C=N\Oc2ccccc2)CC1. The predicted molar refractivity (Wildman–Crippen MR) is 68.1 cm³/mol. The lowest BCUT2D eigenvalue weighted by Gasteiger charge is -2.20. The van der Waals surface area contributed by atoms with Gasteiger partial charge in [-0.05, 0) is 44.2 Å². The Balaban J connectivity index is 1.61. The molecule has 0 aliphatic heterocycles. The Bertz CT molecular complexity index is 331. The van der Waals surface area contributed by atoms with Gasteiger partial charge in [0.2, 0.25) is 0 Å². The van der Waals surface area contributed by atoms with Gasteiger partial charge in [-0.25, -0.2) is 0 Å². The number of hydrogen-bond acceptors (Lipinski definition) is 3. The number of rotatable bonds is 5. The fourth-order valence-corrected chi connectivity index (χ4v) is 1.85. The van der Waals surface area contributed by atoms with Crippen LogP contribution in [-0.2, 0) is 4.74 Å². The summed E-state index contributed by atoms with van der Waals surface area (Å²) in [5, 5.41) is 3.87. The van der Waals surface area contributed by atoms with Crippen LogP contribution in [0, 0.1) is 6.42 Å². The average Bonchev–Trinajstić information content (AvgIpc) is 2.41. The zero-order chi connectivity index (χ0) is 11.8. The highest BCUT2D eigenvalue weighted by Crippen LogP contribution is 2.18. The van der Waals surface area contributed by atoms with E-state index in [2.05, 4.69) is 11.6 Å². The van der Waals surface area contributed by atoms with E-state index in [0.29, 0.717) is 12.7 Å². The van der Waals surface area contributed by atoms with Crippen LogP contribution in [-0.4, -0.2) is 18.9 Å². The Morgan fingerprint density at radius 2 is 1.94 bits per heavy atom. The van der Waals surface area contributed by atoms with E-state index in [0.717, 1.165) is 18.6 Å². The summed E-state index contributed by atoms with van der Waals surface area (Å²) < 4.78 is 5.67. The van der Waals surface area contributed by atoms with Gasteiger partial charge in [0.05, 0.1) is 18.9 Å². The summed E-state index contributed by atoms with van der Waals surface area (Å²) in [4.78, 5) is 5.18. The van der Waals surface area contributed by atoms with Gasteiger partial charge in [-0.1, -0.05) is 23.4 Å². The fraction of sp³-hybridized carbons (Fsp3) is 0.429. The Hall–Kier alpha value is -1.35. The van der Waals surface area contributed by atoms with Gasteiger partial charge in [0.1, 0.15) is 0 Å². The first-order valence-corrected chi connectivity index (χ1v) is 6.12. The molecule has 2 rings (SSSR count).